The van der Waals surface area contributed by atoms with Gasteiger partial charge in [-0.05, 0) is 74.5 Å². The van der Waals surface area contributed by atoms with E-state index in [1.807, 2.05) is 12.1 Å². The Hall–Kier alpha value is -2.85. The van der Waals surface area contributed by atoms with E-state index in [9.17, 15) is 18.0 Å². The van der Waals surface area contributed by atoms with Crippen molar-refractivity contribution in [2.75, 3.05) is 18.4 Å². The molecule has 1 aliphatic heterocycles. The number of hydrogen-bond acceptors (Lipinski definition) is 5. The fourth-order valence-corrected chi connectivity index (χ4v) is 4.23. The lowest BCUT2D eigenvalue weighted by Gasteiger charge is -2.29. The molecule has 2 aromatic rings. The van der Waals surface area contributed by atoms with E-state index in [-0.39, 0.29) is 29.7 Å². The van der Waals surface area contributed by atoms with Gasteiger partial charge in [0, 0.05) is 25.0 Å². The summed E-state index contributed by atoms with van der Waals surface area (Å²) in [5.41, 5.74) is 0.224. The Morgan fingerprint density at radius 3 is 2.50 bits per heavy atom. The molecule has 2 amide bonds. The van der Waals surface area contributed by atoms with Crippen molar-refractivity contribution in [2.45, 2.75) is 63.1 Å². The van der Waals surface area contributed by atoms with Crippen molar-refractivity contribution in [3.8, 4) is 5.75 Å². The summed E-state index contributed by atoms with van der Waals surface area (Å²) in [7, 11) is 0. The number of aromatic nitrogens is 1. The number of alkyl halides is 3. The van der Waals surface area contributed by atoms with E-state index >= 15 is 0 Å². The maximum absolute atomic E-state index is 13.2. The van der Waals surface area contributed by atoms with Crippen molar-refractivity contribution >= 4 is 11.7 Å². The summed E-state index contributed by atoms with van der Waals surface area (Å²) in [5.74, 6) is 0.227. The average molecular weight is 479 g/mol. The van der Waals surface area contributed by atoms with Crippen LogP contribution in [-0.2, 0) is 17.5 Å². The summed E-state index contributed by atoms with van der Waals surface area (Å²) in [4.78, 5) is 16.6. The molecule has 2 heterocycles. The number of hydrogen-bond donors (Lipinski definition) is 3. The number of carbonyl (C=O) groups excluding carboxylic acids is 1. The Kier molecular flexibility index (Phi) is 7.89. The van der Waals surface area contributed by atoms with Crippen LogP contribution in [0.5, 0.6) is 5.75 Å². The highest BCUT2D eigenvalue weighted by atomic mass is 19.4. The Morgan fingerprint density at radius 2 is 1.82 bits per heavy atom. The Labute approximate surface area is 196 Å². The molecule has 7 nitrogen and oxygen atoms in total. The quantitative estimate of drug-likeness (QED) is 0.546. The summed E-state index contributed by atoms with van der Waals surface area (Å²) >= 11 is 0. The first-order valence-electron chi connectivity index (χ1n) is 11.5. The van der Waals surface area contributed by atoms with Crippen molar-refractivity contribution in [3.05, 3.63) is 53.9 Å². The number of benzene rings is 1. The average Bonchev–Trinajstić information content (AvgIpc) is 3.33. The van der Waals surface area contributed by atoms with Crippen LogP contribution in [0.1, 0.15) is 43.2 Å². The van der Waals surface area contributed by atoms with E-state index in [0.717, 1.165) is 56.3 Å². The van der Waals surface area contributed by atoms with E-state index in [1.54, 1.807) is 12.4 Å². The van der Waals surface area contributed by atoms with Gasteiger partial charge in [0.05, 0.1) is 24.0 Å². The van der Waals surface area contributed by atoms with Crippen molar-refractivity contribution in [1.29, 1.82) is 0 Å². The smallest absolute Gasteiger partial charge is 0.416 e. The van der Waals surface area contributed by atoms with Crippen LogP contribution in [-0.4, -0.2) is 42.4 Å². The van der Waals surface area contributed by atoms with Gasteiger partial charge in [0.25, 0.3) is 0 Å². The zero-order chi connectivity index (χ0) is 24.0. The Balaban J connectivity index is 1.30. The van der Waals surface area contributed by atoms with Crippen LogP contribution in [0, 0.1) is 0 Å². The third-order valence-corrected chi connectivity index (χ3v) is 6.11. The molecule has 0 radical (unpaired) electrons. The van der Waals surface area contributed by atoms with E-state index in [4.69, 9.17) is 9.47 Å². The number of anilines is 1. The van der Waals surface area contributed by atoms with E-state index in [2.05, 4.69) is 20.9 Å². The molecule has 1 atom stereocenters. The van der Waals surface area contributed by atoms with Gasteiger partial charge in [-0.3, -0.25) is 4.98 Å². The summed E-state index contributed by atoms with van der Waals surface area (Å²) in [6, 6.07) is 6.35. The summed E-state index contributed by atoms with van der Waals surface area (Å²) < 4.78 is 51.5. The highest BCUT2D eigenvalue weighted by Gasteiger charge is 2.32. The topological polar surface area (TPSA) is 84.5 Å². The van der Waals surface area contributed by atoms with Gasteiger partial charge in [0.2, 0.25) is 0 Å². The molecule has 3 N–H and O–H groups in total. The number of halogens is 3. The molecule has 2 fully saturated rings. The van der Waals surface area contributed by atoms with E-state index < -0.39 is 17.8 Å². The van der Waals surface area contributed by atoms with Gasteiger partial charge in [-0.25, -0.2) is 4.79 Å². The molecule has 1 saturated heterocycles. The number of carbonyl (C=O) groups is 1. The fourth-order valence-electron chi connectivity index (χ4n) is 4.23. The third-order valence-electron chi connectivity index (χ3n) is 6.11. The third kappa shape index (κ3) is 6.83. The monoisotopic (exact) mass is 478 g/mol. The van der Waals surface area contributed by atoms with Crippen LogP contribution in [0.25, 0.3) is 0 Å². The van der Waals surface area contributed by atoms with Crippen LogP contribution in [0.15, 0.2) is 42.7 Å². The van der Waals surface area contributed by atoms with Gasteiger partial charge >= 0.3 is 12.2 Å². The molecular formula is C24H29F3N4O3. The maximum atomic E-state index is 13.2. The van der Waals surface area contributed by atoms with Gasteiger partial charge in [0.15, 0.2) is 0 Å². The zero-order valence-electron chi connectivity index (χ0n) is 18.7. The van der Waals surface area contributed by atoms with Gasteiger partial charge in [-0.2, -0.15) is 13.2 Å². The number of ether oxygens (including phenoxy) is 2. The lowest BCUT2D eigenvalue weighted by molar-refractivity contribution is -0.137. The molecule has 4 rings (SSSR count). The van der Waals surface area contributed by atoms with Crippen LogP contribution < -0.4 is 20.7 Å². The van der Waals surface area contributed by atoms with Crippen molar-refractivity contribution in [2.24, 2.45) is 0 Å². The first-order valence-corrected chi connectivity index (χ1v) is 11.5. The molecule has 34 heavy (non-hydrogen) atoms. The molecule has 10 heteroatoms. The van der Waals surface area contributed by atoms with Crippen LogP contribution in [0.4, 0.5) is 23.7 Å². The van der Waals surface area contributed by atoms with E-state index in [1.165, 1.54) is 6.07 Å². The lowest BCUT2D eigenvalue weighted by atomic mass is 9.93. The molecule has 0 unspecified atom stereocenters. The molecule has 1 aromatic carbocycles. The second-order valence-corrected chi connectivity index (χ2v) is 8.68. The first-order chi connectivity index (χ1) is 16.4. The van der Waals surface area contributed by atoms with Crippen LogP contribution in [0.3, 0.4) is 0 Å². The van der Waals surface area contributed by atoms with E-state index in [0.29, 0.717) is 13.2 Å². The van der Waals surface area contributed by atoms with Crippen molar-refractivity contribution in [1.82, 2.24) is 15.6 Å². The SMILES string of the molecule is O=C(Nc1cc(C(F)(F)F)ccc1O[C@H]1CCNC1)NC1CCC(OCc2ccncc2)CC1. The Morgan fingerprint density at radius 1 is 1.06 bits per heavy atom. The number of nitrogens with zero attached hydrogens (tertiary/aromatic N) is 1. The molecule has 0 spiro atoms. The molecule has 0 bridgehead atoms. The summed E-state index contributed by atoms with van der Waals surface area (Å²) in [6.07, 6.45) is 2.69. The lowest BCUT2D eigenvalue weighted by Crippen LogP contribution is -2.41. The predicted molar refractivity (Wildman–Crippen MR) is 121 cm³/mol. The van der Waals surface area contributed by atoms with Crippen molar-refractivity contribution in [3.63, 3.8) is 0 Å². The molecule has 1 aliphatic carbocycles. The standard InChI is InChI=1S/C24H29F3N4O3/c25-24(26,27)17-1-6-22(34-20-9-12-29-14-20)21(13-17)31-23(32)30-18-2-4-19(5-3-18)33-15-16-7-10-28-11-8-16/h1,6-8,10-11,13,18-20,29H,2-5,9,12,14-15H2,(H2,30,31,32)/t18?,19?,20-/m0/s1. The molecule has 184 valence electrons. The number of nitrogens with one attached hydrogen (secondary N) is 3. The normalized spacial score (nSPS) is 22.9. The van der Waals surface area contributed by atoms with Crippen LogP contribution >= 0.6 is 0 Å². The first kappa shape index (κ1) is 24.3. The van der Waals surface area contributed by atoms with Crippen molar-refractivity contribution < 1.29 is 27.4 Å². The summed E-state index contributed by atoms with van der Waals surface area (Å²) in [6.45, 7) is 1.91. The second kappa shape index (κ2) is 11.1. The minimum Gasteiger partial charge on any atom is -0.487 e. The van der Waals surface area contributed by atoms with Gasteiger partial charge in [-0.1, -0.05) is 0 Å². The minimum absolute atomic E-state index is 0.00796. The largest absolute Gasteiger partial charge is 0.487 e. The molecule has 1 saturated carbocycles. The molecule has 1 aromatic heterocycles. The van der Waals surface area contributed by atoms with Crippen LogP contribution in [0.2, 0.25) is 0 Å². The van der Waals surface area contributed by atoms with Gasteiger partial charge < -0.3 is 25.4 Å². The van der Waals surface area contributed by atoms with Gasteiger partial charge in [0.1, 0.15) is 11.9 Å². The summed E-state index contributed by atoms with van der Waals surface area (Å²) in [5, 5.41) is 8.59. The second-order valence-electron chi connectivity index (χ2n) is 8.68. The highest BCUT2D eigenvalue weighted by molar-refractivity contribution is 5.91. The zero-order valence-corrected chi connectivity index (χ0v) is 18.7. The number of amides is 2. The fraction of sp³-hybridized carbons (Fsp3) is 0.500. The highest BCUT2D eigenvalue weighted by Crippen LogP contribution is 2.36. The Bertz CT molecular complexity index is 944. The number of urea groups is 1. The number of rotatable bonds is 7. The molecular weight excluding hydrogens is 449 g/mol. The predicted octanol–water partition coefficient (Wildman–Crippen LogP) is 4.49. The van der Waals surface area contributed by atoms with Gasteiger partial charge in [-0.15, -0.1) is 0 Å². The minimum atomic E-state index is -4.52. The maximum Gasteiger partial charge on any atom is 0.416 e. The molecule has 2 aliphatic rings. The number of pyridine rings is 1.